The van der Waals surface area contributed by atoms with Gasteiger partial charge in [-0.05, 0) is 24.1 Å². The van der Waals surface area contributed by atoms with Crippen molar-refractivity contribution in [2.45, 2.75) is 25.4 Å². The minimum Gasteiger partial charge on any atom is -0.493 e. The van der Waals surface area contributed by atoms with Crippen LogP contribution in [0.5, 0.6) is 5.75 Å². The summed E-state index contributed by atoms with van der Waals surface area (Å²) in [6.07, 6.45) is 2.68. The molecule has 1 N–H and O–H groups in total. The van der Waals surface area contributed by atoms with Crippen LogP contribution in [0.15, 0.2) is 29.7 Å². The Labute approximate surface area is 113 Å². The summed E-state index contributed by atoms with van der Waals surface area (Å²) in [5.41, 5.74) is 2.41. The zero-order valence-electron chi connectivity index (χ0n) is 10.8. The van der Waals surface area contributed by atoms with E-state index in [1.54, 1.807) is 6.08 Å². The molecule has 2 atom stereocenters. The molecule has 2 aliphatic rings. The molecule has 0 saturated heterocycles. The highest BCUT2D eigenvalue weighted by Crippen LogP contribution is 2.28. The zero-order chi connectivity index (χ0) is 13.5. The van der Waals surface area contributed by atoms with E-state index < -0.39 is 9.84 Å². The first-order valence-electron chi connectivity index (χ1n) is 6.46. The van der Waals surface area contributed by atoms with Gasteiger partial charge in [0.15, 0.2) is 9.84 Å². The molecule has 4 nitrogen and oxygen atoms in total. The fourth-order valence-electron chi connectivity index (χ4n) is 2.57. The van der Waals surface area contributed by atoms with Crippen LogP contribution in [0.4, 0.5) is 0 Å². The number of rotatable bonds is 3. The van der Waals surface area contributed by atoms with E-state index in [-0.39, 0.29) is 17.8 Å². The standard InChI is InChI=1S/C14H17NO3S/c1-10(15-13-5-7-19(16,17)9-13)11-2-3-14-12(8-11)4-6-18-14/h2-3,5,7-8,10,13,15H,4,6,9H2,1H3. The Hall–Kier alpha value is -1.33. The maximum Gasteiger partial charge on any atom is 0.173 e. The van der Waals surface area contributed by atoms with Gasteiger partial charge in [0.05, 0.1) is 12.4 Å². The Morgan fingerprint density at radius 3 is 3.00 bits per heavy atom. The Bertz CT molecular complexity index is 622. The summed E-state index contributed by atoms with van der Waals surface area (Å²) in [7, 11) is -3.00. The van der Waals surface area contributed by atoms with Gasteiger partial charge in [0.25, 0.3) is 0 Å². The molecule has 5 heteroatoms. The fraction of sp³-hybridized carbons (Fsp3) is 0.429. The van der Waals surface area contributed by atoms with Gasteiger partial charge in [0.1, 0.15) is 5.75 Å². The van der Waals surface area contributed by atoms with E-state index >= 15 is 0 Å². The highest BCUT2D eigenvalue weighted by Gasteiger charge is 2.23. The van der Waals surface area contributed by atoms with E-state index in [0.29, 0.717) is 0 Å². The first-order chi connectivity index (χ1) is 9.03. The summed E-state index contributed by atoms with van der Waals surface area (Å²) in [6.45, 7) is 2.81. The SMILES string of the molecule is CC(NC1C=CS(=O)(=O)C1)c1ccc2c(c1)CCO2. The summed E-state index contributed by atoms with van der Waals surface area (Å²) in [5, 5.41) is 4.63. The molecular formula is C14H17NO3S. The van der Waals surface area contributed by atoms with Gasteiger partial charge in [0.2, 0.25) is 0 Å². The summed E-state index contributed by atoms with van der Waals surface area (Å²) >= 11 is 0. The van der Waals surface area contributed by atoms with Crippen LogP contribution in [0.25, 0.3) is 0 Å². The Morgan fingerprint density at radius 1 is 1.42 bits per heavy atom. The minimum absolute atomic E-state index is 0.0931. The number of hydrogen-bond acceptors (Lipinski definition) is 4. The molecule has 2 heterocycles. The second-order valence-corrected chi connectivity index (χ2v) is 7.05. The predicted octanol–water partition coefficient (Wildman–Crippen LogP) is 1.58. The maximum atomic E-state index is 11.4. The largest absolute Gasteiger partial charge is 0.493 e. The van der Waals surface area contributed by atoms with E-state index in [0.717, 1.165) is 18.8 Å². The van der Waals surface area contributed by atoms with Crippen molar-refractivity contribution in [3.8, 4) is 5.75 Å². The van der Waals surface area contributed by atoms with Crippen LogP contribution in [-0.4, -0.2) is 26.8 Å². The number of hydrogen-bond donors (Lipinski definition) is 1. The highest BCUT2D eigenvalue weighted by atomic mass is 32.2. The molecule has 102 valence electrons. The van der Waals surface area contributed by atoms with Gasteiger partial charge in [-0.3, -0.25) is 0 Å². The molecule has 1 aromatic carbocycles. The normalized spacial score (nSPS) is 25.0. The molecular weight excluding hydrogens is 262 g/mol. The van der Waals surface area contributed by atoms with Crippen molar-refractivity contribution in [1.29, 1.82) is 0 Å². The zero-order valence-corrected chi connectivity index (χ0v) is 11.6. The Balaban J connectivity index is 1.71. The molecule has 0 radical (unpaired) electrons. The number of nitrogens with one attached hydrogen (secondary N) is 1. The molecule has 0 aromatic heterocycles. The smallest absolute Gasteiger partial charge is 0.173 e. The van der Waals surface area contributed by atoms with Gasteiger partial charge in [-0.1, -0.05) is 18.2 Å². The molecule has 0 bridgehead atoms. The molecule has 2 aliphatic heterocycles. The van der Waals surface area contributed by atoms with E-state index in [2.05, 4.69) is 18.3 Å². The van der Waals surface area contributed by atoms with Crippen molar-refractivity contribution in [3.63, 3.8) is 0 Å². The lowest BCUT2D eigenvalue weighted by Crippen LogP contribution is -2.32. The fourth-order valence-corrected chi connectivity index (χ4v) is 3.82. The van der Waals surface area contributed by atoms with Crippen molar-refractivity contribution in [2.24, 2.45) is 0 Å². The van der Waals surface area contributed by atoms with E-state index in [1.165, 1.54) is 16.5 Å². The van der Waals surface area contributed by atoms with Crippen LogP contribution in [-0.2, 0) is 16.3 Å². The maximum absolute atomic E-state index is 11.4. The summed E-state index contributed by atoms with van der Waals surface area (Å²) in [6, 6.07) is 6.21. The average Bonchev–Trinajstić information content (AvgIpc) is 2.94. The molecule has 0 saturated carbocycles. The van der Waals surface area contributed by atoms with E-state index in [4.69, 9.17) is 4.74 Å². The second kappa shape index (κ2) is 4.65. The van der Waals surface area contributed by atoms with Crippen molar-refractivity contribution >= 4 is 9.84 Å². The van der Waals surface area contributed by atoms with Crippen LogP contribution >= 0.6 is 0 Å². The van der Waals surface area contributed by atoms with Crippen molar-refractivity contribution in [1.82, 2.24) is 5.32 Å². The number of ether oxygens (including phenoxy) is 1. The average molecular weight is 279 g/mol. The lowest BCUT2D eigenvalue weighted by molar-refractivity contribution is 0.356. The van der Waals surface area contributed by atoms with Gasteiger partial charge < -0.3 is 10.1 Å². The Kier molecular flexibility index (Phi) is 3.11. The van der Waals surface area contributed by atoms with Crippen molar-refractivity contribution < 1.29 is 13.2 Å². The van der Waals surface area contributed by atoms with Crippen LogP contribution < -0.4 is 10.1 Å². The number of sulfone groups is 1. The lowest BCUT2D eigenvalue weighted by atomic mass is 10.0. The van der Waals surface area contributed by atoms with E-state index in [9.17, 15) is 8.42 Å². The van der Waals surface area contributed by atoms with Crippen molar-refractivity contribution in [3.05, 3.63) is 40.8 Å². The topological polar surface area (TPSA) is 55.4 Å². The molecule has 0 fully saturated rings. The molecule has 19 heavy (non-hydrogen) atoms. The Morgan fingerprint density at radius 2 is 2.26 bits per heavy atom. The van der Waals surface area contributed by atoms with Gasteiger partial charge >= 0.3 is 0 Å². The highest BCUT2D eigenvalue weighted by molar-refractivity contribution is 7.94. The quantitative estimate of drug-likeness (QED) is 0.913. The molecule has 1 aromatic rings. The molecule has 0 spiro atoms. The summed E-state index contributed by atoms with van der Waals surface area (Å²) in [5.74, 6) is 1.13. The van der Waals surface area contributed by atoms with Gasteiger partial charge in [-0.15, -0.1) is 0 Å². The number of benzene rings is 1. The first-order valence-corrected chi connectivity index (χ1v) is 8.18. The summed E-state index contributed by atoms with van der Waals surface area (Å²) < 4.78 is 28.2. The van der Waals surface area contributed by atoms with E-state index in [1.807, 2.05) is 12.1 Å². The first kappa shape index (κ1) is 12.7. The van der Waals surface area contributed by atoms with Crippen LogP contribution in [0, 0.1) is 0 Å². The monoisotopic (exact) mass is 279 g/mol. The van der Waals surface area contributed by atoms with Gasteiger partial charge in [-0.2, -0.15) is 0 Å². The predicted molar refractivity (Wildman–Crippen MR) is 73.9 cm³/mol. The van der Waals surface area contributed by atoms with Crippen LogP contribution in [0.2, 0.25) is 0 Å². The minimum atomic E-state index is -3.00. The van der Waals surface area contributed by atoms with Crippen molar-refractivity contribution in [2.75, 3.05) is 12.4 Å². The number of fused-ring (bicyclic) bond motifs is 1. The van der Waals surface area contributed by atoms with Gasteiger partial charge in [-0.25, -0.2) is 8.42 Å². The second-order valence-electron chi connectivity index (χ2n) is 5.12. The third kappa shape index (κ3) is 2.67. The third-order valence-corrected chi connectivity index (χ3v) is 5.00. The summed E-state index contributed by atoms with van der Waals surface area (Å²) in [4.78, 5) is 0. The molecule has 0 aliphatic carbocycles. The molecule has 0 amide bonds. The van der Waals surface area contributed by atoms with Crippen LogP contribution in [0.3, 0.4) is 0 Å². The molecule has 3 rings (SSSR count). The van der Waals surface area contributed by atoms with Gasteiger partial charge in [0, 0.05) is 23.9 Å². The lowest BCUT2D eigenvalue weighted by Gasteiger charge is -2.18. The van der Waals surface area contributed by atoms with Crippen LogP contribution in [0.1, 0.15) is 24.1 Å². The third-order valence-electron chi connectivity index (χ3n) is 3.61. The molecule has 2 unspecified atom stereocenters.